The highest BCUT2D eigenvalue weighted by Gasteiger charge is 2.70. The summed E-state index contributed by atoms with van der Waals surface area (Å²) in [6, 6.07) is 10.4. The number of fused-ring (bicyclic) bond motifs is 4. The number of aromatic nitrogens is 1. The van der Waals surface area contributed by atoms with Crippen LogP contribution in [0.3, 0.4) is 0 Å². The number of alkyl halides is 3. The van der Waals surface area contributed by atoms with E-state index in [2.05, 4.69) is 15.6 Å². The summed E-state index contributed by atoms with van der Waals surface area (Å²) in [5.41, 5.74) is -0.693. The summed E-state index contributed by atoms with van der Waals surface area (Å²) in [5.74, 6) is 1.28. The number of ether oxygens (including phenoxy) is 3. The third-order valence-electron chi connectivity index (χ3n) is 9.59. The molecule has 2 aromatic carbocycles. The lowest BCUT2D eigenvalue weighted by Gasteiger charge is -2.36. The van der Waals surface area contributed by atoms with Gasteiger partial charge in [0.2, 0.25) is 5.91 Å². The SMILES string of the molecule is CC(C)(C)OC(=O)N1CCN(Cc2ccc(C(=O)N[C@H]3[C@@H]4c5cc(Oc6ccnc7c6CCC(=O)N7)ccc5OC34C)cc2C(F)(F)F)CC1. The maximum absolute atomic E-state index is 14.3. The topological polar surface area (TPSA) is 122 Å². The minimum absolute atomic E-state index is 0.0215. The van der Waals surface area contributed by atoms with Crippen molar-refractivity contribution in [2.24, 2.45) is 0 Å². The van der Waals surface area contributed by atoms with Gasteiger partial charge < -0.3 is 29.7 Å². The second kappa shape index (κ2) is 12.2. The quantitative estimate of drug-likeness (QED) is 0.329. The molecule has 2 N–H and O–H groups in total. The van der Waals surface area contributed by atoms with Crippen LogP contribution in [0.4, 0.5) is 23.8 Å². The molecule has 11 nitrogen and oxygen atoms in total. The van der Waals surface area contributed by atoms with Gasteiger partial charge in [0.15, 0.2) is 0 Å². The molecule has 0 bridgehead atoms. The number of carbonyl (C=O) groups excluding carboxylic acids is 3. The van der Waals surface area contributed by atoms with Crippen molar-refractivity contribution in [3.05, 3.63) is 76.5 Å². The van der Waals surface area contributed by atoms with Gasteiger partial charge in [0, 0.05) is 62.0 Å². The number of hydrogen-bond acceptors (Lipinski definition) is 8. The highest BCUT2D eigenvalue weighted by molar-refractivity contribution is 5.95. The molecule has 3 aromatic rings. The summed E-state index contributed by atoms with van der Waals surface area (Å²) in [7, 11) is 0. The van der Waals surface area contributed by atoms with Gasteiger partial charge in [0.25, 0.3) is 5.91 Å². The van der Waals surface area contributed by atoms with Gasteiger partial charge in [-0.2, -0.15) is 13.2 Å². The monoisotopic (exact) mass is 693 g/mol. The van der Waals surface area contributed by atoms with Crippen LogP contribution in [-0.4, -0.2) is 76.1 Å². The van der Waals surface area contributed by atoms with Crippen molar-refractivity contribution in [1.82, 2.24) is 20.1 Å². The molecular formula is C36H38F3N5O6. The summed E-state index contributed by atoms with van der Waals surface area (Å²) in [6.07, 6.45) is -2.73. The van der Waals surface area contributed by atoms with Crippen LogP contribution < -0.4 is 20.1 Å². The van der Waals surface area contributed by atoms with Crippen molar-refractivity contribution in [2.45, 2.75) is 76.4 Å². The molecule has 4 heterocycles. The fourth-order valence-electron chi connectivity index (χ4n) is 6.97. The number of nitrogens with one attached hydrogen (secondary N) is 2. The Hall–Kier alpha value is -4.85. The van der Waals surface area contributed by atoms with Crippen molar-refractivity contribution in [2.75, 3.05) is 31.5 Å². The Morgan fingerprint density at radius 1 is 1.06 bits per heavy atom. The predicted molar refractivity (Wildman–Crippen MR) is 175 cm³/mol. The van der Waals surface area contributed by atoms with Crippen LogP contribution in [0.15, 0.2) is 48.7 Å². The fourth-order valence-corrected chi connectivity index (χ4v) is 6.97. The molecule has 4 aliphatic rings. The molecule has 264 valence electrons. The molecule has 1 aliphatic carbocycles. The van der Waals surface area contributed by atoms with Crippen LogP contribution >= 0.6 is 0 Å². The summed E-state index contributed by atoms with van der Waals surface area (Å²) >= 11 is 0. The van der Waals surface area contributed by atoms with Crippen molar-refractivity contribution >= 4 is 23.7 Å². The van der Waals surface area contributed by atoms with E-state index in [1.165, 1.54) is 12.1 Å². The predicted octanol–water partition coefficient (Wildman–Crippen LogP) is 5.88. The number of carbonyl (C=O) groups is 3. The number of piperazine rings is 1. The van der Waals surface area contributed by atoms with Gasteiger partial charge in [-0.25, -0.2) is 9.78 Å². The van der Waals surface area contributed by atoms with Gasteiger partial charge in [0.1, 0.15) is 34.3 Å². The molecule has 3 aliphatic heterocycles. The Morgan fingerprint density at radius 3 is 2.54 bits per heavy atom. The number of amides is 3. The van der Waals surface area contributed by atoms with Gasteiger partial charge in [0.05, 0.1) is 17.5 Å². The zero-order valence-electron chi connectivity index (χ0n) is 28.1. The molecule has 3 atom stereocenters. The molecule has 14 heteroatoms. The molecule has 1 aromatic heterocycles. The molecule has 7 rings (SSSR count). The smallest absolute Gasteiger partial charge is 0.416 e. The van der Waals surface area contributed by atoms with E-state index in [-0.39, 0.29) is 29.5 Å². The van der Waals surface area contributed by atoms with Crippen LogP contribution in [0.5, 0.6) is 17.2 Å². The van der Waals surface area contributed by atoms with Gasteiger partial charge in [-0.1, -0.05) is 6.07 Å². The van der Waals surface area contributed by atoms with Gasteiger partial charge in [-0.15, -0.1) is 0 Å². The van der Waals surface area contributed by atoms with Crippen LogP contribution in [0.1, 0.15) is 72.6 Å². The van der Waals surface area contributed by atoms with E-state index in [4.69, 9.17) is 14.2 Å². The number of anilines is 1. The third-order valence-corrected chi connectivity index (χ3v) is 9.59. The number of rotatable bonds is 6. The number of halogens is 3. The zero-order valence-corrected chi connectivity index (χ0v) is 28.1. The van der Waals surface area contributed by atoms with E-state index in [1.54, 1.807) is 50.1 Å². The number of pyridine rings is 1. The van der Waals surface area contributed by atoms with Crippen molar-refractivity contribution < 1.29 is 41.8 Å². The van der Waals surface area contributed by atoms with Gasteiger partial charge in [-0.05, 0) is 76.1 Å². The first-order valence-corrected chi connectivity index (χ1v) is 16.6. The number of benzene rings is 2. The molecule has 0 radical (unpaired) electrons. The summed E-state index contributed by atoms with van der Waals surface area (Å²) in [4.78, 5) is 45.2. The lowest BCUT2D eigenvalue weighted by molar-refractivity contribution is -0.138. The van der Waals surface area contributed by atoms with Crippen LogP contribution in [0.25, 0.3) is 0 Å². The Labute approximate surface area is 287 Å². The summed E-state index contributed by atoms with van der Waals surface area (Å²) < 4.78 is 60.7. The third kappa shape index (κ3) is 6.55. The fraction of sp³-hybridized carbons (Fsp3) is 0.444. The van der Waals surface area contributed by atoms with E-state index in [0.717, 1.165) is 17.2 Å². The van der Waals surface area contributed by atoms with Crippen molar-refractivity contribution in [1.29, 1.82) is 0 Å². The zero-order chi connectivity index (χ0) is 35.6. The lowest BCUT2D eigenvalue weighted by atomic mass is 10.0. The molecular weight excluding hydrogens is 655 g/mol. The lowest BCUT2D eigenvalue weighted by Crippen LogP contribution is -2.49. The van der Waals surface area contributed by atoms with Crippen molar-refractivity contribution in [3.8, 4) is 17.2 Å². The van der Waals surface area contributed by atoms with E-state index in [0.29, 0.717) is 62.1 Å². The average molecular weight is 694 g/mol. The van der Waals surface area contributed by atoms with E-state index < -0.39 is 41.0 Å². The Balaban J connectivity index is 1.01. The highest BCUT2D eigenvalue weighted by Crippen LogP contribution is 2.62. The normalized spacial score (nSPS) is 22.8. The Bertz CT molecular complexity index is 1870. The first-order chi connectivity index (χ1) is 23.6. The molecule has 1 saturated carbocycles. The van der Waals surface area contributed by atoms with E-state index in [9.17, 15) is 27.6 Å². The maximum atomic E-state index is 14.3. The second-order valence-electron chi connectivity index (χ2n) is 14.3. The minimum Gasteiger partial charge on any atom is -0.484 e. The van der Waals surface area contributed by atoms with Crippen LogP contribution in [0.2, 0.25) is 0 Å². The first kappa shape index (κ1) is 33.6. The van der Waals surface area contributed by atoms with Crippen LogP contribution in [0, 0.1) is 0 Å². The molecule has 2 fully saturated rings. The summed E-state index contributed by atoms with van der Waals surface area (Å²) in [5, 5.41) is 5.66. The standard InChI is InChI=1S/C36H38F3N5O6/c1-34(2,3)50-33(47)44-15-13-43(14-16-44)19-21-6-5-20(17-25(21)36(37,38)39)32(46)42-30-29-24-18-22(7-9-27(24)49-35(29,30)4)48-26-11-12-40-31-23(26)8-10-28(45)41-31/h5-7,9,11-12,17-18,29-30H,8,10,13-16,19H2,1-4H3,(H,42,46)(H,40,41,45)/t29-,30-,35?/m0/s1. The molecule has 1 saturated heterocycles. The minimum atomic E-state index is -4.68. The second-order valence-corrected chi connectivity index (χ2v) is 14.3. The summed E-state index contributed by atoms with van der Waals surface area (Å²) in [6.45, 7) is 8.66. The number of nitrogens with zero attached hydrogens (tertiary/aromatic N) is 3. The molecule has 3 amide bonds. The van der Waals surface area contributed by atoms with E-state index >= 15 is 0 Å². The highest BCUT2D eigenvalue weighted by atomic mass is 19.4. The largest absolute Gasteiger partial charge is 0.484 e. The first-order valence-electron chi connectivity index (χ1n) is 16.6. The Kier molecular flexibility index (Phi) is 8.19. The van der Waals surface area contributed by atoms with Crippen molar-refractivity contribution in [3.63, 3.8) is 0 Å². The molecule has 50 heavy (non-hydrogen) atoms. The van der Waals surface area contributed by atoms with Gasteiger partial charge >= 0.3 is 12.3 Å². The average Bonchev–Trinajstić information content (AvgIpc) is 3.47. The number of hydrogen-bond donors (Lipinski definition) is 2. The van der Waals surface area contributed by atoms with E-state index in [1.807, 2.05) is 17.9 Å². The van der Waals surface area contributed by atoms with Gasteiger partial charge in [-0.3, -0.25) is 14.5 Å². The molecule has 0 spiro atoms. The Morgan fingerprint density at radius 2 is 1.82 bits per heavy atom. The maximum Gasteiger partial charge on any atom is 0.416 e. The molecule has 1 unspecified atom stereocenters. The van der Waals surface area contributed by atoms with Crippen LogP contribution in [-0.2, 0) is 28.7 Å².